The van der Waals surface area contributed by atoms with Gasteiger partial charge >= 0.3 is 6.18 Å². The number of hydrogen-bond acceptors (Lipinski definition) is 1. The Bertz CT molecular complexity index is 1270. The van der Waals surface area contributed by atoms with Crippen LogP contribution in [-0.4, -0.2) is 10.5 Å². The van der Waals surface area contributed by atoms with Crippen molar-refractivity contribution in [2.24, 2.45) is 5.73 Å². The molecule has 0 saturated heterocycles. The molecule has 0 aliphatic carbocycles. The first-order valence-corrected chi connectivity index (χ1v) is 10.3. The number of alkyl halides is 3. The Labute approximate surface area is 178 Å². The summed E-state index contributed by atoms with van der Waals surface area (Å²) in [4.78, 5) is 12.1. The Morgan fingerprint density at radius 2 is 1.77 bits per heavy atom. The van der Waals surface area contributed by atoms with Gasteiger partial charge in [0.2, 0.25) is 5.91 Å². The summed E-state index contributed by atoms with van der Waals surface area (Å²) in [7, 11) is 0. The van der Waals surface area contributed by atoms with Gasteiger partial charge in [0.15, 0.2) is 0 Å². The lowest BCUT2D eigenvalue weighted by Crippen LogP contribution is -2.12. The molecule has 4 aromatic rings. The molecular formula is C25H23F3N2O. The molecule has 6 heteroatoms. The van der Waals surface area contributed by atoms with Gasteiger partial charge in [-0.25, -0.2) is 0 Å². The second-order valence-corrected chi connectivity index (χ2v) is 7.76. The van der Waals surface area contributed by atoms with E-state index in [-0.39, 0.29) is 12.1 Å². The van der Waals surface area contributed by atoms with Gasteiger partial charge < -0.3 is 10.3 Å². The molecule has 2 N–H and O–H groups in total. The molecule has 0 spiro atoms. The number of rotatable bonds is 6. The van der Waals surface area contributed by atoms with Crippen LogP contribution in [-0.2, 0) is 19.1 Å². The fourth-order valence-electron chi connectivity index (χ4n) is 4.21. The van der Waals surface area contributed by atoms with E-state index in [0.717, 1.165) is 41.8 Å². The summed E-state index contributed by atoms with van der Waals surface area (Å²) in [6.45, 7) is 2.15. The highest BCUT2D eigenvalue weighted by atomic mass is 19.4. The molecule has 1 heterocycles. The highest BCUT2D eigenvalue weighted by Crippen LogP contribution is 2.36. The van der Waals surface area contributed by atoms with Gasteiger partial charge in [-0.2, -0.15) is 13.2 Å². The largest absolute Gasteiger partial charge is 0.416 e. The number of fused-ring (bicyclic) bond motifs is 3. The number of aryl methyl sites for hydroxylation is 1. The smallest absolute Gasteiger partial charge is 0.366 e. The van der Waals surface area contributed by atoms with Crippen molar-refractivity contribution in [1.29, 1.82) is 0 Å². The van der Waals surface area contributed by atoms with Crippen LogP contribution < -0.4 is 5.73 Å². The highest BCUT2D eigenvalue weighted by molar-refractivity contribution is 6.18. The minimum Gasteiger partial charge on any atom is -0.366 e. The summed E-state index contributed by atoms with van der Waals surface area (Å²) >= 11 is 0. The number of nitrogens with zero attached hydrogens (tertiary/aromatic N) is 1. The second kappa shape index (κ2) is 8.10. The topological polar surface area (TPSA) is 48.0 Å². The number of hydrogen-bond donors (Lipinski definition) is 1. The fourth-order valence-corrected chi connectivity index (χ4v) is 4.21. The average molecular weight is 424 g/mol. The third-order valence-electron chi connectivity index (χ3n) is 5.69. The Kier molecular flexibility index (Phi) is 5.48. The second-order valence-electron chi connectivity index (χ2n) is 7.76. The van der Waals surface area contributed by atoms with E-state index in [1.165, 1.54) is 12.1 Å². The normalized spacial score (nSPS) is 12.0. The van der Waals surface area contributed by atoms with Crippen LogP contribution in [0.4, 0.5) is 13.2 Å². The van der Waals surface area contributed by atoms with Gasteiger partial charge in [0, 0.05) is 28.4 Å². The predicted molar refractivity (Wildman–Crippen MR) is 117 cm³/mol. The van der Waals surface area contributed by atoms with E-state index in [0.29, 0.717) is 16.5 Å². The monoisotopic (exact) mass is 424 g/mol. The van der Waals surface area contributed by atoms with Crippen LogP contribution in [0.15, 0.2) is 60.7 Å². The zero-order valence-corrected chi connectivity index (χ0v) is 17.2. The van der Waals surface area contributed by atoms with E-state index < -0.39 is 17.6 Å². The lowest BCUT2D eigenvalue weighted by atomic mass is 10.0. The molecule has 3 aromatic carbocycles. The molecule has 4 rings (SSSR count). The van der Waals surface area contributed by atoms with Crippen LogP contribution >= 0.6 is 0 Å². The highest BCUT2D eigenvalue weighted by Gasteiger charge is 2.33. The molecule has 0 aliphatic heterocycles. The zero-order chi connectivity index (χ0) is 22.2. The maximum Gasteiger partial charge on any atom is 0.416 e. The maximum atomic E-state index is 13.6. The van der Waals surface area contributed by atoms with Crippen LogP contribution in [0.3, 0.4) is 0 Å². The van der Waals surface area contributed by atoms with E-state index >= 15 is 0 Å². The van der Waals surface area contributed by atoms with Crippen LogP contribution in [0.2, 0.25) is 0 Å². The molecule has 0 unspecified atom stereocenters. The number of carbonyl (C=O) groups excluding carboxylic acids is 1. The molecule has 31 heavy (non-hydrogen) atoms. The van der Waals surface area contributed by atoms with Crippen molar-refractivity contribution < 1.29 is 18.0 Å². The number of aromatic nitrogens is 1. The standard InChI is InChI=1S/C25H23F3N2O/c1-2-3-7-16-12-13-18-22(14-16)30(21-11-6-9-19(23(18)21)24(29)31)15-17-8-4-5-10-20(17)25(26,27)28/h4-6,8-14H,2-3,7,15H2,1H3,(H2,29,31). The first kappa shape index (κ1) is 21.0. The molecular weight excluding hydrogens is 401 g/mol. The van der Waals surface area contributed by atoms with Crippen molar-refractivity contribution in [3.63, 3.8) is 0 Å². The van der Waals surface area contributed by atoms with Crippen molar-refractivity contribution >= 4 is 27.7 Å². The van der Waals surface area contributed by atoms with Gasteiger partial charge in [-0.1, -0.05) is 49.7 Å². The summed E-state index contributed by atoms with van der Waals surface area (Å²) in [6.07, 6.45) is -1.49. The number of amides is 1. The molecule has 0 saturated carbocycles. The Hall–Kier alpha value is -3.28. The van der Waals surface area contributed by atoms with Crippen LogP contribution in [0.5, 0.6) is 0 Å². The number of carbonyl (C=O) groups is 1. The van der Waals surface area contributed by atoms with Gasteiger partial charge in [-0.15, -0.1) is 0 Å². The molecule has 0 bridgehead atoms. The van der Waals surface area contributed by atoms with Gasteiger partial charge in [0.1, 0.15) is 0 Å². The minimum atomic E-state index is -4.44. The molecule has 1 aromatic heterocycles. The van der Waals surface area contributed by atoms with E-state index in [4.69, 9.17) is 5.73 Å². The molecule has 0 aliphatic rings. The van der Waals surface area contributed by atoms with E-state index in [1.54, 1.807) is 18.2 Å². The zero-order valence-electron chi connectivity index (χ0n) is 17.2. The SMILES string of the molecule is CCCCc1ccc2c3c(C(N)=O)cccc3n(Cc3ccccc3C(F)(F)F)c2c1. The molecule has 1 amide bonds. The minimum absolute atomic E-state index is 0.0368. The molecule has 0 radical (unpaired) electrons. The van der Waals surface area contributed by atoms with Crippen molar-refractivity contribution in [1.82, 2.24) is 4.57 Å². The van der Waals surface area contributed by atoms with E-state index in [2.05, 4.69) is 6.92 Å². The molecule has 160 valence electrons. The van der Waals surface area contributed by atoms with Crippen molar-refractivity contribution in [2.45, 2.75) is 38.9 Å². The first-order chi connectivity index (χ1) is 14.8. The van der Waals surface area contributed by atoms with Crippen molar-refractivity contribution in [3.05, 3.63) is 82.9 Å². The summed E-state index contributed by atoms with van der Waals surface area (Å²) in [6, 6.07) is 16.8. The molecule has 3 nitrogen and oxygen atoms in total. The first-order valence-electron chi connectivity index (χ1n) is 10.3. The van der Waals surface area contributed by atoms with Gasteiger partial charge in [0.05, 0.1) is 11.1 Å². The summed E-state index contributed by atoms with van der Waals surface area (Å²) in [5.41, 5.74) is 8.11. The summed E-state index contributed by atoms with van der Waals surface area (Å²) < 4.78 is 42.7. The van der Waals surface area contributed by atoms with Crippen LogP contribution in [0.1, 0.15) is 46.8 Å². The van der Waals surface area contributed by atoms with Gasteiger partial charge in [0.25, 0.3) is 0 Å². The van der Waals surface area contributed by atoms with Gasteiger partial charge in [-0.3, -0.25) is 4.79 Å². The molecule has 0 fully saturated rings. The van der Waals surface area contributed by atoms with Crippen molar-refractivity contribution in [2.75, 3.05) is 0 Å². The Morgan fingerprint density at radius 3 is 2.48 bits per heavy atom. The lowest BCUT2D eigenvalue weighted by molar-refractivity contribution is -0.138. The Balaban J connectivity index is 1.99. The molecule has 0 atom stereocenters. The number of nitrogens with two attached hydrogens (primary N) is 1. The summed E-state index contributed by atoms with van der Waals surface area (Å²) in [5.74, 6) is -0.560. The van der Waals surface area contributed by atoms with E-state index in [9.17, 15) is 18.0 Å². The van der Waals surface area contributed by atoms with Crippen LogP contribution in [0.25, 0.3) is 21.8 Å². The van der Waals surface area contributed by atoms with Crippen molar-refractivity contribution in [3.8, 4) is 0 Å². The quantitative estimate of drug-likeness (QED) is 0.388. The third-order valence-corrected chi connectivity index (χ3v) is 5.69. The predicted octanol–water partition coefficient (Wildman–Crippen LogP) is 6.30. The number of primary amides is 1. The number of halogens is 3. The average Bonchev–Trinajstić information content (AvgIpc) is 3.05. The summed E-state index contributed by atoms with van der Waals surface area (Å²) in [5, 5.41) is 1.49. The van der Waals surface area contributed by atoms with Gasteiger partial charge in [-0.05, 0) is 48.2 Å². The number of benzene rings is 3. The maximum absolute atomic E-state index is 13.6. The third kappa shape index (κ3) is 3.90. The number of unbranched alkanes of at least 4 members (excludes halogenated alkanes) is 1. The van der Waals surface area contributed by atoms with E-state index in [1.807, 2.05) is 28.8 Å². The lowest BCUT2D eigenvalue weighted by Gasteiger charge is -2.15. The van der Waals surface area contributed by atoms with Crippen LogP contribution in [0, 0.1) is 0 Å². The Morgan fingerprint density at radius 1 is 1.00 bits per heavy atom. The fraction of sp³-hybridized carbons (Fsp3) is 0.240.